The third kappa shape index (κ3) is 2.40. The van der Waals surface area contributed by atoms with Crippen LogP contribution in [0, 0.1) is 0 Å². The molecule has 0 aromatic carbocycles. The molecule has 1 rings (SSSR count). The van der Waals surface area contributed by atoms with E-state index in [-0.39, 0.29) is 10.6 Å². The van der Waals surface area contributed by atoms with Gasteiger partial charge < -0.3 is 5.11 Å². The van der Waals surface area contributed by atoms with Crippen molar-refractivity contribution in [1.82, 2.24) is 4.98 Å². The second-order valence-corrected chi connectivity index (χ2v) is 3.52. The molecule has 2 nitrogen and oxygen atoms in total. The maximum Gasteiger partial charge on any atom is 0.280 e. The summed E-state index contributed by atoms with van der Waals surface area (Å²) in [6, 6.07) is 1.31. The minimum atomic E-state index is -2.70. The first-order valence-corrected chi connectivity index (χ1v) is 5.23. The third-order valence-electron chi connectivity index (χ3n) is 1.66. The van der Waals surface area contributed by atoms with Crippen LogP contribution in [-0.4, -0.2) is 10.1 Å². The molecule has 0 fully saturated rings. The number of aliphatic hydroxyl groups is 1. The molecule has 1 aromatic rings. The Morgan fingerprint density at radius 2 is 2.21 bits per heavy atom. The van der Waals surface area contributed by atoms with Gasteiger partial charge in [-0.2, -0.15) is 0 Å². The van der Waals surface area contributed by atoms with Crippen molar-refractivity contribution in [3.8, 4) is 0 Å². The van der Waals surface area contributed by atoms with Gasteiger partial charge in [-0.25, -0.2) is 13.8 Å². The van der Waals surface area contributed by atoms with E-state index >= 15 is 0 Å². The molecule has 0 spiro atoms. The Morgan fingerprint density at radius 3 is 2.64 bits per heavy atom. The first-order valence-electron chi connectivity index (χ1n) is 3.73. The van der Waals surface area contributed by atoms with Crippen molar-refractivity contribution in [2.75, 3.05) is 0 Å². The number of nitrogens with zero attached hydrogens (tertiary/aromatic N) is 1. The van der Waals surface area contributed by atoms with Gasteiger partial charge in [-0.3, -0.25) is 0 Å². The molecule has 0 atom stereocenters. The van der Waals surface area contributed by atoms with Crippen LogP contribution in [0.25, 0.3) is 0 Å². The Hall–Kier alpha value is -0.260. The Bertz CT molecular complexity index is 335. The van der Waals surface area contributed by atoms with Gasteiger partial charge in [0.15, 0.2) is 0 Å². The van der Waals surface area contributed by atoms with Gasteiger partial charge in [0.25, 0.3) is 6.43 Å². The SMILES string of the molecule is OCc1cc(Cl)c(CBr)nc1C(F)F. The summed E-state index contributed by atoms with van der Waals surface area (Å²) in [6.45, 7) is -0.491. The van der Waals surface area contributed by atoms with Gasteiger partial charge in [-0.1, -0.05) is 27.5 Å². The number of aliphatic hydroxyl groups excluding tert-OH is 1. The first kappa shape index (κ1) is 11.8. The van der Waals surface area contributed by atoms with E-state index < -0.39 is 18.7 Å². The van der Waals surface area contributed by atoms with Crippen LogP contribution in [0.3, 0.4) is 0 Å². The second-order valence-electron chi connectivity index (χ2n) is 2.55. The molecule has 1 heterocycles. The molecule has 0 aliphatic rings. The van der Waals surface area contributed by atoms with E-state index in [4.69, 9.17) is 16.7 Å². The molecular weight excluding hydrogens is 279 g/mol. The highest BCUT2D eigenvalue weighted by Crippen LogP contribution is 2.26. The zero-order valence-electron chi connectivity index (χ0n) is 6.98. The summed E-state index contributed by atoms with van der Waals surface area (Å²) in [5.74, 6) is 0. The lowest BCUT2D eigenvalue weighted by Gasteiger charge is -2.08. The molecular formula is C8H7BrClF2NO. The van der Waals surface area contributed by atoms with E-state index in [1.165, 1.54) is 6.07 Å². The molecule has 0 bridgehead atoms. The molecule has 0 radical (unpaired) electrons. The highest BCUT2D eigenvalue weighted by atomic mass is 79.9. The van der Waals surface area contributed by atoms with Crippen LogP contribution in [0.5, 0.6) is 0 Å². The first-order chi connectivity index (χ1) is 6.60. The highest BCUT2D eigenvalue weighted by molar-refractivity contribution is 9.08. The smallest absolute Gasteiger partial charge is 0.280 e. The fourth-order valence-electron chi connectivity index (χ4n) is 0.990. The average Bonchev–Trinajstić information content (AvgIpc) is 2.16. The van der Waals surface area contributed by atoms with Crippen LogP contribution in [0.15, 0.2) is 6.07 Å². The van der Waals surface area contributed by atoms with E-state index in [0.29, 0.717) is 11.0 Å². The van der Waals surface area contributed by atoms with Crippen LogP contribution in [0.4, 0.5) is 8.78 Å². The van der Waals surface area contributed by atoms with Crippen molar-refractivity contribution < 1.29 is 13.9 Å². The molecule has 0 aliphatic heterocycles. The summed E-state index contributed by atoms with van der Waals surface area (Å²) in [5, 5.41) is 9.39. The molecule has 1 N–H and O–H groups in total. The van der Waals surface area contributed by atoms with Gasteiger partial charge >= 0.3 is 0 Å². The summed E-state index contributed by atoms with van der Waals surface area (Å²) in [7, 11) is 0. The predicted molar refractivity (Wildman–Crippen MR) is 52.8 cm³/mol. The van der Waals surface area contributed by atoms with Crippen molar-refractivity contribution in [1.29, 1.82) is 0 Å². The normalized spacial score (nSPS) is 11.0. The van der Waals surface area contributed by atoms with E-state index in [2.05, 4.69) is 20.9 Å². The van der Waals surface area contributed by atoms with Crippen LogP contribution < -0.4 is 0 Å². The number of alkyl halides is 3. The third-order valence-corrected chi connectivity index (χ3v) is 2.52. The average molecular weight is 287 g/mol. The van der Waals surface area contributed by atoms with Gasteiger partial charge in [-0.15, -0.1) is 0 Å². The molecule has 1 aromatic heterocycles. The Labute approximate surface area is 93.0 Å². The monoisotopic (exact) mass is 285 g/mol. The lowest BCUT2D eigenvalue weighted by Crippen LogP contribution is -2.02. The van der Waals surface area contributed by atoms with Gasteiger partial charge in [0.05, 0.1) is 17.3 Å². The van der Waals surface area contributed by atoms with Crippen molar-refractivity contribution in [3.63, 3.8) is 0 Å². The number of rotatable bonds is 3. The summed E-state index contributed by atoms with van der Waals surface area (Å²) in [6.07, 6.45) is -2.70. The van der Waals surface area contributed by atoms with Crippen LogP contribution in [0.1, 0.15) is 23.4 Å². The number of pyridine rings is 1. The van der Waals surface area contributed by atoms with Crippen LogP contribution in [-0.2, 0) is 11.9 Å². The molecule has 0 saturated carbocycles. The van der Waals surface area contributed by atoms with Crippen molar-refractivity contribution in [3.05, 3.63) is 28.0 Å². The number of halogens is 4. The standard InChI is InChI=1S/C8H7BrClF2NO/c9-2-6-5(10)1-4(3-14)7(13-6)8(11)12/h1,8,14H,2-3H2. The predicted octanol–water partition coefficient (Wildman–Crippen LogP) is 3.06. The lowest BCUT2D eigenvalue weighted by molar-refractivity contribution is 0.141. The highest BCUT2D eigenvalue weighted by Gasteiger charge is 2.17. The molecule has 78 valence electrons. The fraction of sp³-hybridized carbons (Fsp3) is 0.375. The van der Waals surface area contributed by atoms with Crippen molar-refractivity contribution >= 4 is 27.5 Å². The topological polar surface area (TPSA) is 33.1 Å². The van der Waals surface area contributed by atoms with E-state index in [1.807, 2.05) is 0 Å². The molecule has 0 saturated heterocycles. The summed E-state index contributed by atoms with van der Waals surface area (Å²) >= 11 is 8.82. The second kappa shape index (κ2) is 5.00. The molecule has 0 unspecified atom stereocenters. The van der Waals surface area contributed by atoms with E-state index in [9.17, 15) is 8.78 Å². The Morgan fingerprint density at radius 1 is 1.57 bits per heavy atom. The van der Waals surface area contributed by atoms with Gasteiger partial charge in [0.2, 0.25) is 0 Å². The fourth-order valence-corrected chi connectivity index (χ4v) is 1.82. The summed E-state index contributed by atoms with van der Waals surface area (Å²) in [4.78, 5) is 3.67. The molecule has 6 heteroatoms. The summed E-state index contributed by atoms with van der Waals surface area (Å²) in [5.41, 5.74) is 0.000201. The van der Waals surface area contributed by atoms with E-state index in [1.54, 1.807) is 0 Å². The van der Waals surface area contributed by atoms with Crippen molar-refractivity contribution in [2.45, 2.75) is 18.4 Å². The molecule has 0 amide bonds. The van der Waals surface area contributed by atoms with Crippen LogP contribution in [0.2, 0.25) is 5.02 Å². The zero-order valence-corrected chi connectivity index (χ0v) is 9.32. The summed E-state index contributed by atoms with van der Waals surface area (Å²) < 4.78 is 24.9. The number of hydrogen-bond donors (Lipinski definition) is 1. The Balaban J connectivity index is 3.25. The quantitative estimate of drug-likeness (QED) is 0.866. The zero-order chi connectivity index (χ0) is 10.7. The maximum atomic E-state index is 12.4. The van der Waals surface area contributed by atoms with Gasteiger partial charge in [0, 0.05) is 10.9 Å². The maximum absolute atomic E-state index is 12.4. The minimum absolute atomic E-state index is 0.0645. The van der Waals surface area contributed by atoms with E-state index in [0.717, 1.165) is 0 Å². The van der Waals surface area contributed by atoms with Crippen LogP contribution >= 0.6 is 27.5 Å². The largest absolute Gasteiger partial charge is 0.392 e. The number of aromatic nitrogens is 1. The van der Waals surface area contributed by atoms with Gasteiger partial charge in [0.1, 0.15) is 5.69 Å². The van der Waals surface area contributed by atoms with Crippen molar-refractivity contribution in [2.24, 2.45) is 0 Å². The molecule has 14 heavy (non-hydrogen) atoms. The minimum Gasteiger partial charge on any atom is -0.392 e. The number of hydrogen-bond acceptors (Lipinski definition) is 2. The Kier molecular flexibility index (Phi) is 4.22. The molecule has 0 aliphatic carbocycles. The van der Waals surface area contributed by atoms with Gasteiger partial charge in [-0.05, 0) is 6.07 Å². The lowest BCUT2D eigenvalue weighted by atomic mass is 10.2.